The molecule has 11 nitrogen and oxygen atoms in total. The van der Waals surface area contributed by atoms with E-state index in [0.29, 0.717) is 39.1 Å². The summed E-state index contributed by atoms with van der Waals surface area (Å²) in [5, 5.41) is 69.9. The number of aliphatic hydroxyl groups is 4. The molecular formula is C40H44O11. The highest BCUT2D eigenvalue weighted by Crippen LogP contribution is 2.36. The Labute approximate surface area is 296 Å². The fraction of sp³-hybridized carbons (Fsp3) is 0.350. The average molecular weight is 701 g/mol. The number of phenols is 1. The molecule has 0 amide bonds. The largest absolute Gasteiger partial charge is 0.507 e. The maximum absolute atomic E-state index is 11.4. The molecule has 1 heterocycles. The van der Waals surface area contributed by atoms with Crippen LogP contribution in [-0.2, 0) is 40.0 Å². The van der Waals surface area contributed by atoms with Crippen molar-refractivity contribution in [1.82, 2.24) is 0 Å². The smallest absolute Gasteiger partial charge is 0.307 e. The van der Waals surface area contributed by atoms with Crippen LogP contribution in [0, 0.1) is 0 Å². The van der Waals surface area contributed by atoms with Crippen LogP contribution >= 0.6 is 0 Å². The van der Waals surface area contributed by atoms with Crippen molar-refractivity contribution in [3.05, 3.63) is 107 Å². The molecule has 1 aliphatic heterocycles. The van der Waals surface area contributed by atoms with Gasteiger partial charge in [-0.05, 0) is 83.3 Å². The number of unbranched alkanes of at least 4 members (excludes halogenated alkanes) is 3. The van der Waals surface area contributed by atoms with Crippen LogP contribution in [0.4, 0.5) is 0 Å². The van der Waals surface area contributed by atoms with Gasteiger partial charge in [-0.15, -0.1) is 0 Å². The Morgan fingerprint density at radius 1 is 0.647 bits per heavy atom. The fourth-order valence-electron chi connectivity index (χ4n) is 6.44. The second-order valence-corrected chi connectivity index (χ2v) is 12.9. The van der Waals surface area contributed by atoms with E-state index in [-0.39, 0.29) is 18.6 Å². The first-order valence-corrected chi connectivity index (χ1v) is 17.1. The predicted octanol–water partition coefficient (Wildman–Crippen LogP) is 4.50. The van der Waals surface area contributed by atoms with Crippen molar-refractivity contribution < 1.29 is 54.8 Å². The molecule has 0 unspecified atom stereocenters. The van der Waals surface area contributed by atoms with E-state index in [1.807, 2.05) is 42.5 Å². The number of carbonyl (C=O) groups is 2. The van der Waals surface area contributed by atoms with E-state index >= 15 is 0 Å². The third-order valence-electron chi connectivity index (χ3n) is 9.12. The van der Waals surface area contributed by atoms with Gasteiger partial charge in [0.25, 0.3) is 0 Å². The molecule has 4 aromatic rings. The zero-order valence-electron chi connectivity index (χ0n) is 28.1. The van der Waals surface area contributed by atoms with Gasteiger partial charge in [-0.25, -0.2) is 0 Å². The first-order chi connectivity index (χ1) is 24.5. The summed E-state index contributed by atoms with van der Waals surface area (Å²) >= 11 is 0. The zero-order valence-corrected chi connectivity index (χ0v) is 28.1. The van der Waals surface area contributed by atoms with Crippen molar-refractivity contribution in [2.24, 2.45) is 0 Å². The van der Waals surface area contributed by atoms with Crippen molar-refractivity contribution >= 4 is 11.9 Å². The highest BCUT2D eigenvalue weighted by molar-refractivity contribution is 5.79. The molecule has 11 heteroatoms. The Kier molecular flexibility index (Phi) is 12.8. The van der Waals surface area contributed by atoms with E-state index < -0.39 is 49.3 Å². The average Bonchev–Trinajstić information content (AvgIpc) is 3.11. The summed E-state index contributed by atoms with van der Waals surface area (Å²) in [5.74, 6) is -1.48. The lowest BCUT2D eigenvalue weighted by molar-refractivity contribution is -0.277. The van der Waals surface area contributed by atoms with E-state index in [4.69, 9.17) is 9.47 Å². The molecule has 270 valence electrons. The topological polar surface area (TPSA) is 194 Å². The van der Waals surface area contributed by atoms with Gasteiger partial charge in [-0.2, -0.15) is 0 Å². The quantitative estimate of drug-likeness (QED) is 0.0814. The van der Waals surface area contributed by atoms with Gasteiger partial charge in [0.1, 0.15) is 35.9 Å². The van der Waals surface area contributed by atoms with E-state index in [9.17, 15) is 45.3 Å². The molecule has 5 rings (SSSR count). The lowest BCUT2D eigenvalue weighted by atomic mass is 9.94. The van der Waals surface area contributed by atoms with Crippen LogP contribution < -0.4 is 4.74 Å². The summed E-state index contributed by atoms with van der Waals surface area (Å²) in [6, 6.07) is 25.3. The first kappa shape index (κ1) is 37.5. The number of carboxylic acids is 2. The van der Waals surface area contributed by atoms with Crippen molar-refractivity contribution in [1.29, 1.82) is 0 Å². The highest BCUT2D eigenvalue weighted by Gasteiger charge is 2.45. The maximum Gasteiger partial charge on any atom is 0.307 e. The molecule has 51 heavy (non-hydrogen) atoms. The number of ether oxygens (including phenoxy) is 2. The summed E-state index contributed by atoms with van der Waals surface area (Å²) in [6.45, 7) is -0.590. The van der Waals surface area contributed by atoms with Crippen LogP contribution in [-0.4, -0.2) is 85.0 Å². The number of aliphatic hydroxyl groups excluding tert-OH is 4. The third kappa shape index (κ3) is 9.72. The lowest BCUT2D eigenvalue weighted by Crippen LogP contribution is -2.60. The van der Waals surface area contributed by atoms with E-state index in [1.54, 1.807) is 42.5 Å². The van der Waals surface area contributed by atoms with Gasteiger partial charge >= 0.3 is 11.9 Å². The summed E-state index contributed by atoms with van der Waals surface area (Å²) in [5.41, 5.74) is 5.94. The molecule has 1 fully saturated rings. The standard InChI is InChI=1S/C40H44O11/c41-23-34-37(47)38(48)39(49)40(51-34)50-33-17-15-25(19-30(33)27-12-7-10-26(18-27)21-35(43)44)9-4-2-1-3-8-24-14-16-32(42)31(20-24)29-13-6-5-11-28(29)22-36(45)46/h5-7,10-20,34,37-42,47-49H,1-4,8-9,21-23H2,(H,43,44)(H,45,46)/t34-,37-,38-,39+,40+/m1/s1. The van der Waals surface area contributed by atoms with Crippen LogP contribution in [0.5, 0.6) is 11.5 Å². The van der Waals surface area contributed by atoms with Crippen molar-refractivity contribution in [3.8, 4) is 33.8 Å². The van der Waals surface area contributed by atoms with Crippen molar-refractivity contribution in [2.45, 2.75) is 82.1 Å². The third-order valence-corrected chi connectivity index (χ3v) is 9.12. The minimum Gasteiger partial charge on any atom is -0.507 e. The Hall–Kier alpha value is -4.78. The maximum atomic E-state index is 11.4. The minimum atomic E-state index is -1.60. The fourth-order valence-corrected chi connectivity index (χ4v) is 6.44. The second-order valence-electron chi connectivity index (χ2n) is 12.9. The molecule has 4 aromatic carbocycles. The summed E-state index contributed by atoms with van der Waals surface area (Å²) in [4.78, 5) is 22.8. The molecule has 5 atom stereocenters. The van der Waals surface area contributed by atoms with Gasteiger partial charge in [0.2, 0.25) is 6.29 Å². The number of aliphatic carboxylic acids is 2. The van der Waals surface area contributed by atoms with Gasteiger partial charge in [-0.3, -0.25) is 9.59 Å². The van der Waals surface area contributed by atoms with Crippen molar-refractivity contribution in [3.63, 3.8) is 0 Å². The van der Waals surface area contributed by atoms with E-state index in [0.717, 1.165) is 49.7 Å². The minimum absolute atomic E-state index is 0.106. The van der Waals surface area contributed by atoms with Crippen LogP contribution in [0.25, 0.3) is 22.3 Å². The number of hydrogen-bond acceptors (Lipinski definition) is 9. The normalized spacial score (nSPS) is 20.2. The highest BCUT2D eigenvalue weighted by atomic mass is 16.7. The predicted molar refractivity (Wildman–Crippen MR) is 188 cm³/mol. The zero-order chi connectivity index (χ0) is 36.5. The molecule has 0 saturated carbocycles. The molecule has 0 aromatic heterocycles. The monoisotopic (exact) mass is 700 g/mol. The number of rotatable bonds is 16. The Balaban J connectivity index is 1.24. The Morgan fingerprint density at radius 3 is 2.00 bits per heavy atom. The molecular weight excluding hydrogens is 656 g/mol. The number of aryl methyl sites for hydroxylation is 2. The number of hydrogen-bond donors (Lipinski definition) is 7. The van der Waals surface area contributed by atoms with Crippen molar-refractivity contribution in [2.75, 3.05) is 6.61 Å². The number of benzene rings is 4. The Morgan fingerprint density at radius 2 is 1.31 bits per heavy atom. The molecule has 1 aliphatic rings. The number of aromatic hydroxyl groups is 1. The van der Waals surface area contributed by atoms with Gasteiger partial charge < -0.3 is 45.2 Å². The molecule has 0 bridgehead atoms. The summed E-state index contributed by atoms with van der Waals surface area (Å²) in [6.07, 6.45) is -2.22. The molecule has 0 radical (unpaired) electrons. The van der Waals surface area contributed by atoms with Gasteiger partial charge in [-0.1, -0.05) is 73.5 Å². The summed E-state index contributed by atoms with van der Waals surface area (Å²) < 4.78 is 11.6. The summed E-state index contributed by atoms with van der Waals surface area (Å²) in [7, 11) is 0. The van der Waals surface area contributed by atoms with Crippen LogP contribution in [0.1, 0.15) is 47.9 Å². The van der Waals surface area contributed by atoms with E-state index in [1.165, 1.54) is 0 Å². The van der Waals surface area contributed by atoms with Gasteiger partial charge in [0.05, 0.1) is 19.4 Å². The SMILES string of the molecule is O=C(O)Cc1cccc(-c2cc(CCCCCCc3ccc(O)c(-c4ccccc4CC(=O)O)c3)ccc2O[C@H]2O[C@H](CO)[C@@H](O)[C@@H](O)[C@@H]2O)c1. The molecule has 0 spiro atoms. The van der Waals surface area contributed by atoms with Crippen LogP contribution in [0.3, 0.4) is 0 Å². The number of phenolic OH excluding ortho intramolecular Hbond substituents is 1. The molecule has 1 saturated heterocycles. The van der Waals surface area contributed by atoms with Crippen LogP contribution in [0.15, 0.2) is 84.9 Å². The molecule has 7 N–H and O–H groups in total. The first-order valence-electron chi connectivity index (χ1n) is 17.1. The second kappa shape index (κ2) is 17.4. The van der Waals surface area contributed by atoms with Gasteiger partial charge in [0, 0.05) is 11.1 Å². The lowest BCUT2D eigenvalue weighted by Gasteiger charge is -2.39. The van der Waals surface area contributed by atoms with Gasteiger partial charge in [0.15, 0.2) is 0 Å². The molecule has 0 aliphatic carbocycles. The van der Waals surface area contributed by atoms with E-state index in [2.05, 4.69) is 0 Å². The number of carboxylic acid groups (broad SMARTS) is 2. The van der Waals surface area contributed by atoms with Crippen LogP contribution in [0.2, 0.25) is 0 Å². The Bertz CT molecular complexity index is 1800.